The number of hydrogen-bond acceptors (Lipinski definition) is 2. The third kappa shape index (κ3) is 2.34. The molecule has 2 N–H and O–H groups in total. The zero-order chi connectivity index (χ0) is 11.7. The van der Waals surface area contributed by atoms with E-state index in [0.717, 1.165) is 14.2 Å². The molecule has 0 saturated carbocycles. The second-order valence-electron chi connectivity index (χ2n) is 3.61. The lowest BCUT2D eigenvalue weighted by Gasteiger charge is -2.01. The molecule has 2 rings (SSSR count). The summed E-state index contributed by atoms with van der Waals surface area (Å²) in [5.41, 5.74) is 6.40. The van der Waals surface area contributed by atoms with Crippen molar-refractivity contribution in [2.75, 3.05) is 0 Å². The van der Waals surface area contributed by atoms with Crippen LogP contribution < -0.4 is 5.73 Å². The third-order valence-electron chi connectivity index (χ3n) is 2.27. The van der Waals surface area contributed by atoms with Crippen LogP contribution in [-0.4, -0.2) is 0 Å². The fraction of sp³-hybridized carbons (Fsp3) is 0.167. The van der Waals surface area contributed by atoms with Crippen molar-refractivity contribution >= 4 is 27.3 Å². The van der Waals surface area contributed by atoms with Crippen molar-refractivity contribution < 1.29 is 4.39 Å². The van der Waals surface area contributed by atoms with Gasteiger partial charge in [0.2, 0.25) is 0 Å². The molecule has 1 aromatic carbocycles. The van der Waals surface area contributed by atoms with Gasteiger partial charge in [-0.25, -0.2) is 4.39 Å². The van der Waals surface area contributed by atoms with Crippen LogP contribution >= 0.6 is 27.3 Å². The van der Waals surface area contributed by atoms with Gasteiger partial charge in [0.1, 0.15) is 5.82 Å². The Labute approximate surface area is 106 Å². The Balaban J connectivity index is 2.42. The zero-order valence-electron chi connectivity index (χ0n) is 8.71. The SMILES string of the molecule is CC(N)c1ccc(-c2ccc(Br)cc2F)s1. The van der Waals surface area contributed by atoms with Gasteiger partial charge in [-0.3, -0.25) is 0 Å². The largest absolute Gasteiger partial charge is 0.324 e. The van der Waals surface area contributed by atoms with Crippen LogP contribution in [0, 0.1) is 5.82 Å². The van der Waals surface area contributed by atoms with Crippen molar-refractivity contribution in [3.8, 4) is 10.4 Å². The lowest BCUT2D eigenvalue weighted by atomic mass is 10.2. The number of thiophene rings is 1. The van der Waals surface area contributed by atoms with Crippen molar-refractivity contribution in [3.05, 3.63) is 45.5 Å². The Morgan fingerprint density at radius 3 is 2.62 bits per heavy atom. The highest BCUT2D eigenvalue weighted by Crippen LogP contribution is 2.33. The molecule has 1 unspecified atom stereocenters. The molecule has 1 aromatic heterocycles. The van der Waals surface area contributed by atoms with Crippen molar-refractivity contribution in [1.82, 2.24) is 0 Å². The second-order valence-corrected chi connectivity index (χ2v) is 5.65. The average molecular weight is 300 g/mol. The first kappa shape index (κ1) is 11.8. The summed E-state index contributed by atoms with van der Waals surface area (Å²) in [5.74, 6) is -0.215. The summed E-state index contributed by atoms with van der Waals surface area (Å²) in [6.45, 7) is 1.92. The first-order valence-electron chi connectivity index (χ1n) is 4.88. The first-order valence-corrected chi connectivity index (χ1v) is 6.49. The molecule has 0 aliphatic heterocycles. The maximum Gasteiger partial charge on any atom is 0.132 e. The average Bonchev–Trinajstić information content (AvgIpc) is 2.66. The van der Waals surface area contributed by atoms with E-state index in [1.165, 1.54) is 17.4 Å². The van der Waals surface area contributed by atoms with Gasteiger partial charge in [0.05, 0.1) is 0 Å². The standard InChI is InChI=1S/C12H11BrFNS/c1-7(15)11-4-5-12(16-11)9-3-2-8(13)6-10(9)14/h2-7H,15H2,1H3. The van der Waals surface area contributed by atoms with Gasteiger partial charge in [0, 0.05) is 25.8 Å². The predicted molar refractivity (Wildman–Crippen MR) is 70.0 cm³/mol. The quantitative estimate of drug-likeness (QED) is 0.877. The van der Waals surface area contributed by atoms with Gasteiger partial charge in [0.25, 0.3) is 0 Å². The second kappa shape index (κ2) is 4.65. The maximum absolute atomic E-state index is 13.7. The van der Waals surface area contributed by atoms with Gasteiger partial charge < -0.3 is 5.73 Å². The Hall–Kier alpha value is -0.710. The van der Waals surface area contributed by atoms with E-state index in [1.807, 2.05) is 25.1 Å². The lowest BCUT2D eigenvalue weighted by molar-refractivity contribution is 0.631. The molecule has 0 bridgehead atoms. The summed E-state index contributed by atoms with van der Waals surface area (Å²) >= 11 is 4.77. The number of hydrogen-bond donors (Lipinski definition) is 1. The van der Waals surface area contributed by atoms with E-state index in [2.05, 4.69) is 15.9 Å². The van der Waals surface area contributed by atoms with E-state index in [1.54, 1.807) is 6.07 Å². The van der Waals surface area contributed by atoms with E-state index < -0.39 is 0 Å². The van der Waals surface area contributed by atoms with Crippen LogP contribution in [-0.2, 0) is 0 Å². The van der Waals surface area contributed by atoms with Crippen molar-refractivity contribution in [1.29, 1.82) is 0 Å². The normalized spacial score (nSPS) is 12.8. The summed E-state index contributed by atoms with van der Waals surface area (Å²) in [6, 6.07) is 8.94. The summed E-state index contributed by atoms with van der Waals surface area (Å²) in [7, 11) is 0. The number of nitrogens with two attached hydrogens (primary N) is 1. The highest BCUT2D eigenvalue weighted by Gasteiger charge is 2.10. The summed E-state index contributed by atoms with van der Waals surface area (Å²) in [5, 5.41) is 0. The van der Waals surface area contributed by atoms with Crippen LogP contribution in [0.4, 0.5) is 4.39 Å². The maximum atomic E-state index is 13.7. The number of rotatable bonds is 2. The van der Waals surface area contributed by atoms with E-state index in [4.69, 9.17) is 5.73 Å². The molecule has 0 fully saturated rings. The molecular formula is C12H11BrFNS. The monoisotopic (exact) mass is 299 g/mol. The van der Waals surface area contributed by atoms with Gasteiger partial charge >= 0.3 is 0 Å². The minimum absolute atomic E-state index is 0.00254. The van der Waals surface area contributed by atoms with Gasteiger partial charge in [-0.2, -0.15) is 0 Å². The zero-order valence-corrected chi connectivity index (χ0v) is 11.1. The lowest BCUT2D eigenvalue weighted by Crippen LogP contribution is -2.01. The Morgan fingerprint density at radius 1 is 1.31 bits per heavy atom. The van der Waals surface area contributed by atoms with Crippen LogP contribution in [0.5, 0.6) is 0 Å². The molecule has 0 amide bonds. The van der Waals surface area contributed by atoms with Gasteiger partial charge in [-0.15, -0.1) is 11.3 Å². The summed E-state index contributed by atoms with van der Waals surface area (Å²) in [6.07, 6.45) is 0. The molecule has 0 aliphatic carbocycles. The first-order chi connectivity index (χ1) is 7.58. The molecule has 0 saturated heterocycles. The third-order valence-corrected chi connectivity index (χ3v) is 4.08. The predicted octanol–water partition coefficient (Wildman–Crippen LogP) is 4.34. The van der Waals surface area contributed by atoms with Crippen molar-refractivity contribution in [3.63, 3.8) is 0 Å². The van der Waals surface area contributed by atoms with E-state index >= 15 is 0 Å². The van der Waals surface area contributed by atoms with Crippen LogP contribution in [0.15, 0.2) is 34.8 Å². The molecule has 0 spiro atoms. The molecule has 2 aromatic rings. The van der Waals surface area contributed by atoms with Crippen LogP contribution in [0.1, 0.15) is 17.8 Å². The molecule has 16 heavy (non-hydrogen) atoms. The van der Waals surface area contributed by atoms with Crippen LogP contribution in [0.25, 0.3) is 10.4 Å². The molecule has 0 radical (unpaired) electrons. The van der Waals surface area contributed by atoms with E-state index in [-0.39, 0.29) is 11.9 Å². The molecule has 0 aliphatic rings. The topological polar surface area (TPSA) is 26.0 Å². The van der Waals surface area contributed by atoms with Crippen LogP contribution in [0.3, 0.4) is 0 Å². The fourth-order valence-electron chi connectivity index (χ4n) is 1.43. The minimum Gasteiger partial charge on any atom is -0.324 e. The number of benzene rings is 1. The highest BCUT2D eigenvalue weighted by atomic mass is 79.9. The highest BCUT2D eigenvalue weighted by molar-refractivity contribution is 9.10. The molecular weight excluding hydrogens is 289 g/mol. The van der Waals surface area contributed by atoms with Crippen molar-refractivity contribution in [2.24, 2.45) is 5.73 Å². The summed E-state index contributed by atoms with van der Waals surface area (Å²) < 4.78 is 14.4. The molecule has 1 atom stereocenters. The minimum atomic E-state index is -0.215. The Kier molecular flexibility index (Phi) is 3.42. The van der Waals surface area contributed by atoms with Gasteiger partial charge in [0.15, 0.2) is 0 Å². The number of halogens is 2. The van der Waals surface area contributed by atoms with E-state index in [0.29, 0.717) is 5.56 Å². The Morgan fingerprint density at radius 2 is 2.06 bits per heavy atom. The van der Waals surface area contributed by atoms with Crippen LogP contribution in [0.2, 0.25) is 0 Å². The van der Waals surface area contributed by atoms with Gasteiger partial charge in [-0.05, 0) is 37.3 Å². The molecule has 1 nitrogen and oxygen atoms in total. The fourth-order valence-corrected chi connectivity index (χ4v) is 2.75. The van der Waals surface area contributed by atoms with Crippen molar-refractivity contribution in [2.45, 2.75) is 13.0 Å². The summed E-state index contributed by atoms with van der Waals surface area (Å²) in [4.78, 5) is 1.98. The molecule has 4 heteroatoms. The van der Waals surface area contributed by atoms with E-state index in [9.17, 15) is 4.39 Å². The Bertz CT molecular complexity index is 507. The smallest absolute Gasteiger partial charge is 0.132 e. The molecule has 1 heterocycles. The van der Waals surface area contributed by atoms with Gasteiger partial charge in [-0.1, -0.05) is 15.9 Å². The molecule has 84 valence electrons.